The van der Waals surface area contributed by atoms with Gasteiger partial charge in [0.05, 0.1) is 24.7 Å². The first kappa shape index (κ1) is 24.3. The second-order valence-corrected chi connectivity index (χ2v) is 9.23. The molecule has 0 radical (unpaired) electrons. The Bertz CT molecular complexity index is 1070. The first-order valence-electron chi connectivity index (χ1n) is 11.3. The normalized spacial score (nSPS) is 21.1. The van der Waals surface area contributed by atoms with E-state index in [2.05, 4.69) is 10.4 Å². The van der Waals surface area contributed by atoms with Crippen molar-refractivity contribution in [1.82, 2.24) is 14.7 Å². The number of nitrogens with one attached hydrogen (secondary N) is 1. The number of aromatic nitrogens is 2. The molecule has 34 heavy (non-hydrogen) atoms. The van der Waals surface area contributed by atoms with Gasteiger partial charge in [-0.1, -0.05) is 37.6 Å². The molecule has 1 N–H and O–H groups in total. The molecule has 2 aromatic rings. The number of carbonyl (C=O) groups excluding carboxylic acids is 2. The van der Waals surface area contributed by atoms with Gasteiger partial charge in [-0.05, 0) is 31.4 Å². The zero-order valence-electron chi connectivity index (χ0n) is 19.4. The van der Waals surface area contributed by atoms with Crippen LogP contribution < -0.4 is 10.1 Å². The minimum atomic E-state index is -0.673. The number of halogens is 1. The van der Waals surface area contributed by atoms with Gasteiger partial charge in [0.25, 0.3) is 5.91 Å². The van der Waals surface area contributed by atoms with Gasteiger partial charge >= 0.3 is 0 Å². The molecule has 9 nitrogen and oxygen atoms in total. The lowest BCUT2D eigenvalue weighted by Gasteiger charge is -2.28. The molecule has 1 aromatic carbocycles. The number of nitrogens with zero attached hydrogens (tertiary/aromatic N) is 3. The molecule has 0 spiro atoms. The van der Waals surface area contributed by atoms with Crippen LogP contribution in [0.5, 0.6) is 5.75 Å². The largest absolute Gasteiger partial charge is 0.458 e. The van der Waals surface area contributed by atoms with Crippen LogP contribution in [0.4, 0.5) is 5.82 Å². The first-order chi connectivity index (χ1) is 16.3. The Morgan fingerprint density at radius 1 is 1.32 bits per heavy atom. The van der Waals surface area contributed by atoms with Crippen molar-refractivity contribution < 1.29 is 23.8 Å². The van der Waals surface area contributed by atoms with E-state index in [1.807, 2.05) is 20.8 Å². The summed E-state index contributed by atoms with van der Waals surface area (Å²) in [5.74, 6) is 0.937. The SMILES string of the molecule is CC(C)C[C@@H](C(=O)Nc1ccn(C[C@@H]2COC(C)O2)n1)N1CC(Oc2ccccc2Cl)=CC1=O. The van der Waals surface area contributed by atoms with Crippen LogP contribution in [0, 0.1) is 5.92 Å². The number of amides is 2. The van der Waals surface area contributed by atoms with E-state index in [1.165, 1.54) is 11.0 Å². The van der Waals surface area contributed by atoms with E-state index in [0.29, 0.717) is 41.9 Å². The van der Waals surface area contributed by atoms with E-state index in [4.69, 9.17) is 25.8 Å². The summed E-state index contributed by atoms with van der Waals surface area (Å²) in [5.41, 5.74) is 0. The molecule has 1 unspecified atom stereocenters. The van der Waals surface area contributed by atoms with Gasteiger partial charge < -0.3 is 24.4 Å². The fraction of sp³-hybridized carbons (Fsp3) is 0.458. The summed E-state index contributed by atoms with van der Waals surface area (Å²) in [4.78, 5) is 27.5. The molecule has 0 saturated carbocycles. The molecule has 182 valence electrons. The zero-order valence-corrected chi connectivity index (χ0v) is 20.2. The van der Waals surface area contributed by atoms with Crippen LogP contribution in [0.25, 0.3) is 0 Å². The maximum Gasteiger partial charge on any atom is 0.251 e. The quantitative estimate of drug-likeness (QED) is 0.581. The van der Waals surface area contributed by atoms with Crippen LogP contribution in [-0.4, -0.2) is 58.1 Å². The second kappa shape index (κ2) is 10.6. The van der Waals surface area contributed by atoms with Crippen molar-refractivity contribution in [3.8, 4) is 5.75 Å². The number of rotatable bonds is 9. The molecular weight excluding hydrogens is 460 g/mol. The number of benzene rings is 1. The Morgan fingerprint density at radius 3 is 2.82 bits per heavy atom. The molecule has 10 heteroatoms. The minimum absolute atomic E-state index is 0.0861. The lowest BCUT2D eigenvalue weighted by molar-refractivity contribution is -0.133. The molecule has 3 atom stereocenters. The Morgan fingerprint density at radius 2 is 2.12 bits per heavy atom. The van der Waals surface area contributed by atoms with Crippen LogP contribution in [0.3, 0.4) is 0 Å². The molecule has 1 saturated heterocycles. The summed E-state index contributed by atoms with van der Waals surface area (Å²) in [7, 11) is 0. The predicted octanol–water partition coefficient (Wildman–Crippen LogP) is 3.46. The molecule has 0 bridgehead atoms. The smallest absolute Gasteiger partial charge is 0.251 e. The van der Waals surface area contributed by atoms with E-state index in [1.54, 1.807) is 41.2 Å². The number of hydrogen-bond acceptors (Lipinski definition) is 6. The Balaban J connectivity index is 1.40. The third-order valence-electron chi connectivity index (χ3n) is 5.53. The van der Waals surface area contributed by atoms with Gasteiger partial charge in [-0.3, -0.25) is 14.3 Å². The van der Waals surface area contributed by atoms with E-state index < -0.39 is 6.04 Å². The highest BCUT2D eigenvalue weighted by Crippen LogP contribution is 2.28. The standard InChI is InChI=1S/C24H29ClN4O5/c1-15(2)10-20(29-13-17(11-23(29)30)34-21-7-5-4-6-19(21)25)24(31)26-22-8-9-28(27-22)12-18-14-32-16(3)33-18/h4-9,11,15-16,18,20H,10,12-14H2,1-3H3,(H,26,27,31)/t16?,18-,20+/m1/s1. The van der Waals surface area contributed by atoms with E-state index in [0.717, 1.165) is 0 Å². The molecule has 2 aliphatic heterocycles. The molecular formula is C24H29ClN4O5. The zero-order chi connectivity index (χ0) is 24.2. The lowest BCUT2D eigenvalue weighted by atomic mass is 10.0. The maximum atomic E-state index is 13.2. The van der Waals surface area contributed by atoms with Crippen LogP contribution >= 0.6 is 11.6 Å². The maximum absolute atomic E-state index is 13.2. The highest BCUT2D eigenvalue weighted by Gasteiger charge is 2.35. The summed E-state index contributed by atoms with van der Waals surface area (Å²) < 4.78 is 18.6. The van der Waals surface area contributed by atoms with Crippen LogP contribution in [0.2, 0.25) is 5.02 Å². The van der Waals surface area contributed by atoms with Gasteiger partial charge in [0, 0.05) is 18.3 Å². The summed E-state index contributed by atoms with van der Waals surface area (Å²) in [6.07, 6.45) is 3.37. The van der Waals surface area contributed by atoms with Gasteiger partial charge in [0.2, 0.25) is 5.91 Å². The van der Waals surface area contributed by atoms with Gasteiger partial charge in [-0.25, -0.2) is 0 Å². The van der Waals surface area contributed by atoms with Gasteiger partial charge in [-0.2, -0.15) is 5.10 Å². The topological polar surface area (TPSA) is 94.9 Å². The van der Waals surface area contributed by atoms with Crippen molar-refractivity contribution in [2.45, 2.75) is 52.2 Å². The summed E-state index contributed by atoms with van der Waals surface area (Å²) in [5, 5.41) is 7.72. The number of anilines is 1. The van der Waals surface area contributed by atoms with Crippen molar-refractivity contribution in [2.24, 2.45) is 5.92 Å². The average Bonchev–Trinajstić information content (AvgIpc) is 3.49. The van der Waals surface area contributed by atoms with Crippen molar-refractivity contribution in [2.75, 3.05) is 18.5 Å². The van der Waals surface area contributed by atoms with E-state index in [9.17, 15) is 9.59 Å². The van der Waals surface area contributed by atoms with E-state index in [-0.39, 0.29) is 36.7 Å². The molecule has 2 aliphatic rings. The van der Waals surface area contributed by atoms with Gasteiger partial charge in [-0.15, -0.1) is 0 Å². The molecule has 4 rings (SSSR count). The fourth-order valence-corrected chi connectivity index (χ4v) is 4.14. The Hall–Kier alpha value is -2.88. The van der Waals surface area contributed by atoms with Crippen molar-refractivity contribution in [3.63, 3.8) is 0 Å². The number of para-hydroxylation sites is 1. The predicted molar refractivity (Wildman–Crippen MR) is 126 cm³/mol. The molecule has 1 fully saturated rings. The molecule has 2 amide bonds. The lowest BCUT2D eigenvalue weighted by Crippen LogP contribution is -2.46. The molecule has 1 aromatic heterocycles. The monoisotopic (exact) mass is 488 g/mol. The third-order valence-corrected chi connectivity index (χ3v) is 5.84. The highest BCUT2D eigenvalue weighted by atomic mass is 35.5. The fourth-order valence-electron chi connectivity index (χ4n) is 3.97. The Labute approximate surface area is 203 Å². The summed E-state index contributed by atoms with van der Waals surface area (Å²) in [6, 6.07) is 8.10. The van der Waals surface area contributed by atoms with Gasteiger partial charge in [0.1, 0.15) is 23.7 Å². The molecule has 0 aliphatic carbocycles. The van der Waals surface area contributed by atoms with Crippen molar-refractivity contribution >= 4 is 29.2 Å². The second-order valence-electron chi connectivity index (χ2n) is 8.83. The summed E-state index contributed by atoms with van der Waals surface area (Å²) >= 11 is 6.17. The van der Waals surface area contributed by atoms with Gasteiger partial charge in [0.15, 0.2) is 12.1 Å². The van der Waals surface area contributed by atoms with Crippen LogP contribution in [-0.2, 0) is 25.6 Å². The number of carbonyl (C=O) groups is 2. The number of ether oxygens (including phenoxy) is 3. The highest BCUT2D eigenvalue weighted by molar-refractivity contribution is 6.32. The van der Waals surface area contributed by atoms with Crippen molar-refractivity contribution in [3.05, 3.63) is 53.4 Å². The van der Waals surface area contributed by atoms with E-state index >= 15 is 0 Å². The van der Waals surface area contributed by atoms with Crippen LogP contribution in [0.15, 0.2) is 48.4 Å². The van der Waals surface area contributed by atoms with Crippen LogP contribution in [0.1, 0.15) is 27.2 Å². The molecule has 3 heterocycles. The summed E-state index contributed by atoms with van der Waals surface area (Å²) in [6.45, 7) is 7.07. The average molecular weight is 489 g/mol. The van der Waals surface area contributed by atoms with Crippen molar-refractivity contribution in [1.29, 1.82) is 0 Å². The first-order valence-corrected chi connectivity index (χ1v) is 11.7. The third kappa shape index (κ3) is 5.97. The number of hydrogen-bond donors (Lipinski definition) is 1. The Kier molecular flexibility index (Phi) is 7.55. The minimum Gasteiger partial charge on any atom is -0.458 e.